The van der Waals surface area contributed by atoms with E-state index in [0.717, 1.165) is 43.5 Å². The van der Waals surface area contributed by atoms with Crippen LogP contribution in [-0.4, -0.2) is 35.5 Å². The molecule has 0 aromatic heterocycles. The third-order valence-electron chi connectivity index (χ3n) is 7.32. The number of carbonyl (C=O) groups is 1. The molecule has 31 heavy (non-hydrogen) atoms. The van der Waals surface area contributed by atoms with E-state index < -0.39 is 5.60 Å². The lowest BCUT2D eigenvalue weighted by Gasteiger charge is -2.39. The van der Waals surface area contributed by atoms with Crippen molar-refractivity contribution in [2.24, 2.45) is 4.99 Å². The van der Waals surface area contributed by atoms with Crippen LogP contribution in [0.25, 0.3) is 0 Å². The SMILES string of the molecule is C=CC1=C(/C=C(\C)CC)CC2(C1)OC(N1CCC3(CC1)OCc1ccccc13)=NC2=O. The summed E-state index contributed by atoms with van der Waals surface area (Å²) in [6.45, 7) is 10.4. The zero-order valence-corrected chi connectivity index (χ0v) is 18.4. The molecule has 1 atom stereocenters. The molecule has 1 unspecified atom stereocenters. The maximum atomic E-state index is 13.0. The zero-order valence-electron chi connectivity index (χ0n) is 18.4. The molecular weight excluding hydrogens is 388 g/mol. The number of carbonyl (C=O) groups excluding carboxylic acids is 1. The van der Waals surface area contributed by atoms with E-state index in [0.29, 0.717) is 25.5 Å². The van der Waals surface area contributed by atoms with E-state index in [1.54, 1.807) is 0 Å². The van der Waals surface area contributed by atoms with Crippen LogP contribution in [0.4, 0.5) is 0 Å². The predicted octanol–water partition coefficient (Wildman–Crippen LogP) is 4.79. The lowest BCUT2D eigenvalue weighted by atomic mass is 9.84. The van der Waals surface area contributed by atoms with E-state index in [9.17, 15) is 4.79 Å². The highest BCUT2D eigenvalue weighted by Crippen LogP contribution is 2.46. The van der Waals surface area contributed by atoms with Gasteiger partial charge in [0.1, 0.15) is 0 Å². The molecule has 0 radical (unpaired) electrons. The Bertz CT molecular complexity index is 1030. The van der Waals surface area contributed by atoms with Crippen LogP contribution in [0.15, 0.2) is 64.7 Å². The average Bonchev–Trinajstić information content (AvgIpc) is 3.43. The van der Waals surface area contributed by atoms with Gasteiger partial charge in [-0.05, 0) is 48.5 Å². The normalized spacial score (nSPS) is 27.2. The first kappa shape index (κ1) is 20.3. The standard InChI is InChI=1S/C26H30N2O3/c1-4-18(3)14-21-16-26(15-19(21)5-2)23(29)27-24(31-26)28-12-10-25(11-13-28)22-9-7-6-8-20(22)17-30-25/h5-9,14H,2,4,10-13,15-17H2,1,3H3/b18-14+. The van der Waals surface area contributed by atoms with Gasteiger partial charge in [-0.1, -0.05) is 55.5 Å². The van der Waals surface area contributed by atoms with Crippen LogP contribution >= 0.6 is 0 Å². The first-order valence-corrected chi connectivity index (χ1v) is 11.3. The molecule has 1 aliphatic carbocycles. The van der Waals surface area contributed by atoms with Crippen molar-refractivity contribution in [1.29, 1.82) is 0 Å². The van der Waals surface area contributed by atoms with E-state index in [2.05, 4.69) is 60.7 Å². The summed E-state index contributed by atoms with van der Waals surface area (Å²) in [4.78, 5) is 19.5. The minimum Gasteiger partial charge on any atom is -0.447 e. The Hall–Kier alpha value is -2.66. The van der Waals surface area contributed by atoms with E-state index in [1.165, 1.54) is 16.7 Å². The number of piperidine rings is 1. The van der Waals surface area contributed by atoms with Gasteiger partial charge in [-0.3, -0.25) is 4.79 Å². The fraction of sp³-hybridized carbons (Fsp3) is 0.462. The Balaban J connectivity index is 1.29. The quantitative estimate of drug-likeness (QED) is 0.708. The summed E-state index contributed by atoms with van der Waals surface area (Å²) in [5.41, 5.74) is 5.01. The zero-order chi connectivity index (χ0) is 21.6. The minimum atomic E-state index is -0.899. The number of aliphatic imine (C=N–C) groups is 1. The highest BCUT2D eigenvalue weighted by atomic mass is 16.5. The number of nitrogens with zero attached hydrogens (tertiary/aromatic N) is 2. The number of hydrogen-bond acceptors (Lipinski definition) is 4. The monoisotopic (exact) mass is 418 g/mol. The molecule has 3 heterocycles. The van der Waals surface area contributed by atoms with E-state index in [1.807, 2.05) is 6.08 Å². The molecular formula is C26H30N2O3. The molecule has 162 valence electrons. The summed E-state index contributed by atoms with van der Waals surface area (Å²) in [6.07, 6.45) is 7.86. The minimum absolute atomic E-state index is 0.165. The van der Waals surface area contributed by atoms with Crippen LogP contribution < -0.4 is 0 Å². The molecule has 5 nitrogen and oxygen atoms in total. The van der Waals surface area contributed by atoms with Gasteiger partial charge < -0.3 is 14.4 Å². The number of allylic oxidation sites excluding steroid dienone is 3. The maximum absolute atomic E-state index is 13.0. The third-order valence-corrected chi connectivity index (χ3v) is 7.32. The van der Waals surface area contributed by atoms with Gasteiger partial charge in [-0.25, -0.2) is 0 Å². The second kappa shape index (κ2) is 7.49. The fourth-order valence-electron chi connectivity index (χ4n) is 5.30. The van der Waals surface area contributed by atoms with Crippen molar-refractivity contribution in [1.82, 2.24) is 4.90 Å². The van der Waals surface area contributed by atoms with Crippen LogP contribution in [0, 0.1) is 0 Å². The molecule has 1 saturated heterocycles. The van der Waals surface area contributed by atoms with Crippen molar-refractivity contribution in [2.45, 2.75) is 63.8 Å². The van der Waals surface area contributed by atoms with Gasteiger partial charge in [-0.15, -0.1) is 0 Å². The second-order valence-electron chi connectivity index (χ2n) is 9.18. The van der Waals surface area contributed by atoms with Crippen LogP contribution in [0.2, 0.25) is 0 Å². The van der Waals surface area contributed by atoms with Crippen molar-refractivity contribution in [2.75, 3.05) is 13.1 Å². The molecule has 1 amide bonds. The molecule has 0 saturated carbocycles. The Morgan fingerprint density at radius 2 is 1.94 bits per heavy atom. The number of fused-ring (bicyclic) bond motifs is 2. The van der Waals surface area contributed by atoms with E-state index >= 15 is 0 Å². The number of amidine groups is 1. The van der Waals surface area contributed by atoms with Gasteiger partial charge in [0.25, 0.3) is 11.9 Å². The molecule has 3 aliphatic heterocycles. The summed E-state index contributed by atoms with van der Waals surface area (Å²) in [5.74, 6) is -0.165. The molecule has 4 aliphatic rings. The Labute approximate surface area is 184 Å². The molecule has 0 N–H and O–H groups in total. The highest BCUT2D eigenvalue weighted by molar-refractivity contribution is 6.02. The molecule has 1 aromatic rings. The van der Waals surface area contributed by atoms with E-state index in [4.69, 9.17) is 9.47 Å². The first-order valence-electron chi connectivity index (χ1n) is 11.3. The van der Waals surface area contributed by atoms with Crippen molar-refractivity contribution in [3.8, 4) is 0 Å². The lowest BCUT2D eigenvalue weighted by Crippen LogP contribution is -2.46. The smallest absolute Gasteiger partial charge is 0.296 e. The van der Waals surface area contributed by atoms with Gasteiger partial charge in [0.05, 0.1) is 12.2 Å². The first-order chi connectivity index (χ1) is 15.0. The molecule has 1 aromatic carbocycles. The number of benzene rings is 1. The number of rotatable bonds is 3. The molecule has 5 heteroatoms. The highest BCUT2D eigenvalue weighted by Gasteiger charge is 2.53. The van der Waals surface area contributed by atoms with Gasteiger partial charge in [0.2, 0.25) is 5.60 Å². The average molecular weight is 419 g/mol. The number of amides is 1. The summed E-state index contributed by atoms with van der Waals surface area (Å²) in [5, 5.41) is 0. The van der Waals surface area contributed by atoms with Crippen molar-refractivity contribution < 1.29 is 14.3 Å². The van der Waals surface area contributed by atoms with Crippen LogP contribution in [0.1, 0.15) is 57.1 Å². The third kappa shape index (κ3) is 3.26. The lowest BCUT2D eigenvalue weighted by molar-refractivity contribution is -0.130. The summed E-state index contributed by atoms with van der Waals surface area (Å²) in [7, 11) is 0. The van der Waals surface area contributed by atoms with Gasteiger partial charge in [-0.2, -0.15) is 4.99 Å². The van der Waals surface area contributed by atoms with Crippen molar-refractivity contribution in [3.05, 3.63) is 70.8 Å². The maximum Gasteiger partial charge on any atom is 0.296 e. The topological polar surface area (TPSA) is 51.1 Å². The number of likely N-dealkylation sites (tertiary alicyclic amines) is 1. The molecule has 0 bridgehead atoms. The van der Waals surface area contributed by atoms with Crippen molar-refractivity contribution >= 4 is 11.9 Å². The second-order valence-corrected chi connectivity index (χ2v) is 9.18. The summed E-state index contributed by atoms with van der Waals surface area (Å²) < 4.78 is 12.6. The van der Waals surface area contributed by atoms with Crippen LogP contribution in [0.3, 0.4) is 0 Å². The Morgan fingerprint density at radius 3 is 2.68 bits per heavy atom. The predicted molar refractivity (Wildman–Crippen MR) is 120 cm³/mol. The largest absolute Gasteiger partial charge is 0.447 e. The molecule has 2 spiro atoms. The fourth-order valence-corrected chi connectivity index (χ4v) is 5.30. The summed E-state index contributed by atoms with van der Waals surface area (Å²) in [6, 6.07) is 8.98. The van der Waals surface area contributed by atoms with Gasteiger partial charge in [0, 0.05) is 25.9 Å². The Morgan fingerprint density at radius 1 is 1.19 bits per heavy atom. The molecule has 5 rings (SSSR count). The number of hydrogen-bond donors (Lipinski definition) is 0. The molecule has 1 fully saturated rings. The van der Waals surface area contributed by atoms with Crippen molar-refractivity contribution in [3.63, 3.8) is 0 Å². The van der Waals surface area contributed by atoms with Gasteiger partial charge >= 0.3 is 0 Å². The van der Waals surface area contributed by atoms with Crippen LogP contribution in [-0.2, 0) is 26.5 Å². The summed E-state index contributed by atoms with van der Waals surface area (Å²) >= 11 is 0. The number of ether oxygens (including phenoxy) is 2. The Kier molecular flexibility index (Phi) is 4.89. The van der Waals surface area contributed by atoms with Crippen LogP contribution in [0.5, 0.6) is 0 Å². The van der Waals surface area contributed by atoms with Gasteiger partial charge in [0.15, 0.2) is 0 Å². The van der Waals surface area contributed by atoms with E-state index in [-0.39, 0.29) is 11.5 Å².